The van der Waals surface area contributed by atoms with E-state index in [1.165, 1.54) is 0 Å². The maximum Gasteiger partial charge on any atom is 0.159 e. The van der Waals surface area contributed by atoms with E-state index < -0.39 is 14.6 Å². The van der Waals surface area contributed by atoms with E-state index in [2.05, 4.69) is 10.6 Å². The summed E-state index contributed by atoms with van der Waals surface area (Å²) >= 11 is 0. The van der Waals surface area contributed by atoms with Crippen molar-refractivity contribution in [3.8, 4) is 0 Å². The van der Waals surface area contributed by atoms with Crippen molar-refractivity contribution in [2.24, 2.45) is 0 Å². The van der Waals surface area contributed by atoms with E-state index in [0.29, 0.717) is 5.75 Å². The van der Waals surface area contributed by atoms with Crippen LogP contribution >= 0.6 is 0 Å². The van der Waals surface area contributed by atoms with E-state index in [9.17, 15) is 8.42 Å². The van der Waals surface area contributed by atoms with Crippen LogP contribution in [0.5, 0.6) is 0 Å². The minimum Gasteiger partial charge on any atom is -0.317 e. The number of rotatable bonds is 1. The first-order valence-electron chi connectivity index (χ1n) is 4.73. The van der Waals surface area contributed by atoms with Crippen molar-refractivity contribution in [1.29, 1.82) is 0 Å². The van der Waals surface area contributed by atoms with Crippen molar-refractivity contribution in [3.05, 3.63) is 0 Å². The first-order valence-corrected chi connectivity index (χ1v) is 6.38. The van der Waals surface area contributed by atoms with Gasteiger partial charge in [0, 0.05) is 6.04 Å². The Morgan fingerprint density at radius 1 is 1.38 bits per heavy atom. The molecule has 0 radical (unpaired) electrons. The lowest BCUT2D eigenvalue weighted by atomic mass is 9.89. The van der Waals surface area contributed by atoms with E-state index in [1.807, 2.05) is 7.05 Å². The SMILES string of the molecule is CNC1CS(=O)(=O)C12CCNCC2. The second-order valence-electron chi connectivity index (χ2n) is 3.94. The molecule has 2 aliphatic heterocycles. The van der Waals surface area contributed by atoms with Crippen LogP contribution in [0.2, 0.25) is 0 Å². The molecule has 0 aromatic rings. The third kappa shape index (κ3) is 1.14. The lowest BCUT2D eigenvalue weighted by Gasteiger charge is -2.50. The molecule has 2 saturated heterocycles. The normalized spacial score (nSPS) is 35.6. The summed E-state index contributed by atoms with van der Waals surface area (Å²) in [6.45, 7) is 1.66. The average Bonchev–Trinajstić information content (AvgIpc) is 2.15. The Morgan fingerprint density at radius 3 is 2.46 bits per heavy atom. The molecule has 13 heavy (non-hydrogen) atoms. The summed E-state index contributed by atoms with van der Waals surface area (Å²) in [6, 6.07) is 0.180. The van der Waals surface area contributed by atoms with Gasteiger partial charge in [-0.05, 0) is 33.0 Å². The smallest absolute Gasteiger partial charge is 0.159 e. The zero-order valence-electron chi connectivity index (χ0n) is 7.84. The summed E-state index contributed by atoms with van der Waals surface area (Å²) in [5.74, 6) is 0.323. The average molecular weight is 204 g/mol. The molecule has 1 unspecified atom stereocenters. The minimum absolute atomic E-state index is 0.180. The summed E-state index contributed by atoms with van der Waals surface area (Å²) < 4.78 is 23.0. The summed E-state index contributed by atoms with van der Waals surface area (Å²) in [5, 5.41) is 6.31. The molecule has 0 amide bonds. The van der Waals surface area contributed by atoms with Crippen LogP contribution in [-0.4, -0.2) is 45.1 Å². The van der Waals surface area contributed by atoms with Crippen LogP contribution in [-0.2, 0) is 9.84 Å². The van der Waals surface area contributed by atoms with Crippen molar-refractivity contribution in [1.82, 2.24) is 10.6 Å². The van der Waals surface area contributed by atoms with Crippen molar-refractivity contribution in [3.63, 3.8) is 0 Å². The summed E-state index contributed by atoms with van der Waals surface area (Å²) in [6.07, 6.45) is 1.53. The van der Waals surface area contributed by atoms with Gasteiger partial charge in [-0.1, -0.05) is 0 Å². The zero-order valence-corrected chi connectivity index (χ0v) is 8.65. The Kier molecular flexibility index (Phi) is 2.13. The molecule has 4 nitrogen and oxygen atoms in total. The molecule has 2 rings (SSSR count). The molecule has 0 bridgehead atoms. The predicted molar refractivity (Wildman–Crippen MR) is 51.5 cm³/mol. The van der Waals surface area contributed by atoms with Gasteiger partial charge >= 0.3 is 0 Å². The molecular weight excluding hydrogens is 188 g/mol. The Morgan fingerprint density at radius 2 is 2.00 bits per heavy atom. The number of hydrogen-bond donors (Lipinski definition) is 2. The molecule has 1 spiro atoms. The molecule has 0 aromatic heterocycles. The van der Waals surface area contributed by atoms with Crippen LogP contribution in [0.15, 0.2) is 0 Å². The molecule has 0 saturated carbocycles. The number of piperidine rings is 1. The lowest BCUT2D eigenvalue weighted by molar-refractivity contribution is 0.290. The monoisotopic (exact) mass is 204 g/mol. The fraction of sp³-hybridized carbons (Fsp3) is 1.00. The molecule has 2 fully saturated rings. The Bertz CT molecular complexity index is 293. The summed E-state index contributed by atoms with van der Waals surface area (Å²) in [4.78, 5) is 0. The van der Waals surface area contributed by atoms with Crippen LogP contribution in [0, 0.1) is 0 Å². The number of sulfone groups is 1. The molecule has 2 N–H and O–H groups in total. The molecular formula is C8H16N2O2S. The van der Waals surface area contributed by atoms with E-state index >= 15 is 0 Å². The largest absolute Gasteiger partial charge is 0.317 e. The first-order chi connectivity index (χ1) is 6.12. The molecule has 0 aromatic carbocycles. The molecule has 2 heterocycles. The van der Waals surface area contributed by atoms with Crippen molar-refractivity contribution in [2.75, 3.05) is 25.9 Å². The zero-order chi connectivity index (χ0) is 9.53. The van der Waals surface area contributed by atoms with Gasteiger partial charge in [-0.15, -0.1) is 0 Å². The van der Waals surface area contributed by atoms with Crippen molar-refractivity contribution in [2.45, 2.75) is 23.6 Å². The van der Waals surface area contributed by atoms with Gasteiger partial charge in [0.2, 0.25) is 0 Å². The van der Waals surface area contributed by atoms with E-state index in [1.54, 1.807) is 0 Å². The molecule has 0 aliphatic carbocycles. The van der Waals surface area contributed by atoms with Gasteiger partial charge in [-0.3, -0.25) is 0 Å². The van der Waals surface area contributed by atoms with Gasteiger partial charge in [0.1, 0.15) is 0 Å². The fourth-order valence-corrected chi connectivity index (χ4v) is 4.93. The standard InChI is InChI=1S/C8H16N2O2S/c1-9-7-6-13(11,12)8(7)2-4-10-5-3-8/h7,9-10H,2-6H2,1H3. The maximum absolute atomic E-state index is 11.7. The summed E-state index contributed by atoms with van der Waals surface area (Å²) in [7, 11) is -0.958. The maximum atomic E-state index is 11.7. The van der Waals surface area contributed by atoms with Crippen molar-refractivity contribution < 1.29 is 8.42 Å². The van der Waals surface area contributed by atoms with Crippen LogP contribution in [0.4, 0.5) is 0 Å². The quantitative estimate of drug-likeness (QED) is 0.583. The highest BCUT2D eigenvalue weighted by Gasteiger charge is 2.59. The first kappa shape index (κ1) is 9.43. The van der Waals surface area contributed by atoms with Gasteiger partial charge in [0.15, 0.2) is 9.84 Å². The van der Waals surface area contributed by atoms with Gasteiger partial charge in [0.05, 0.1) is 10.5 Å². The fourth-order valence-electron chi connectivity index (χ4n) is 2.51. The Labute approximate surface area is 79.0 Å². The third-order valence-electron chi connectivity index (χ3n) is 3.44. The number of hydrogen-bond acceptors (Lipinski definition) is 4. The van der Waals surface area contributed by atoms with Crippen LogP contribution in [0.1, 0.15) is 12.8 Å². The van der Waals surface area contributed by atoms with E-state index in [0.717, 1.165) is 25.9 Å². The Hall–Kier alpha value is -0.130. The Balaban J connectivity index is 2.25. The van der Waals surface area contributed by atoms with Crippen LogP contribution in [0.25, 0.3) is 0 Å². The molecule has 5 heteroatoms. The highest BCUT2D eigenvalue weighted by molar-refractivity contribution is 7.94. The van der Waals surface area contributed by atoms with Gasteiger partial charge in [-0.25, -0.2) is 8.42 Å². The van der Waals surface area contributed by atoms with E-state index in [4.69, 9.17) is 0 Å². The third-order valence-corrected chi connectivity index (χ3v) is 6.14. The second kappa shape index (κ2) is 2.93. The van der Waals surface area contributed by atoms with Crippen LogP contribution < -0.4 is 10.6 Å². The number of nitrogens with one attached hydrogen (secondary N) is 2. The van der Waals surface area contributed by atoms with Gasteiger partial charge < -0.3 is 10.6 Å². The second-order valence-corrected chi connectivity index (χ2v) is 6.31. The van der Waals surface area contributed by atoms with Gasteiger partial charge in [0.25, 0.3) is 0 Å². The highest BCUT2D eigenvalue weighted by Crippen LogP contribution is 2.41. The molecule has 2 aliphatic rings. The van der Waals surface area contributed by atoms with Gasteiger partial charge in [-0.2, -0.15) is 0 Å². The highest BCUT2D eigenvalue weighted by atomic mass is 32.2. The van der Waals surface area contributed by atoms with Crippen molar-refractivity contribution >= 4 is 9.84 Å². The summed E-state index contributed by atoms with van der Waals surface area (Å²) in [5.41, 5.74) is 0. The lowest BCUT2D eigenvalue weighted by Crippen LogP contribution is -2.71. The minimum atomic E-state index is -2.81. The van der Waals surface area contributed by atoms with E-state index in [-0.39, 0.29) is 6.04 Å². The van der Waals surface area contributed by atoms with Crippen LogP contribution in [0.3, 0.4) is 0 Å². The topological polar surface area (TPSA) is 58.2 Å². The molecule has 1 atom stereocenters. The molecule has 76 valence electrons. The predicted octanol–water partition coefficient (Wildman–Crippen LogP) is -0.875.